The summed E-state index contributed by atoms with van der Waals surface area (Å²) in [5.74, 6) is 3.71. The number of anilines is 1. The van der Waals surface area contributed by atoms with Crippen LogP contribution in [0, 0.1) is 5.92 Å². The van der Waals surface area contributed by atoms with E-state index in [1.165, 1.54) is 46.3 Å². The molecule has 1 amide bonds. The van der Waals surface area contributed by atoms with Gasteiger partial charge >= 0.3 is 0 Å². The highest BCUT2D eigenvalue weighted by molar-refractivity contribution is 7.19. The number of nitrogens with zero attached hydrogens (tertiary/aromatic N) is 4. The number of piperazine rings is 1. The van der Waals surface area contributed by atoms with Crippen molar-refractivity contribution in [2.24, 2.45) is 5.92 Å². The number of hydrogen-bond donors (Lipinski definition) is 0. The quantitative estimate of drug-likeness (QED) is 0.813. The molecule has 26 heavy (non-hydrogen) atoms. The van der Waals surface area contributed by atoms with Crippen LogP contribution >= 0.6 is 11.3 Å². The number of amides is 1. The SMILES string of the molecule is CC(=O)N1CCN(c2nc(C3CC3)nc3sc4c(c23)CCC(C)C4)CC1. The molecule has 138 valence electrons. The summed E-state index contributed by atoms with van der Waals surface area (Å²) < 4.78 is 0. The van der Waals surface area contributed by atoms with Crippen molar-refractivity contribution in [1.29, 1.82) is 0 Å². The average molecular weight is 371 g/mol. The van der Waals surface area contributed by atoms with Gasteiger partial charge in [-0.3, -0.25) is 4.79 Å². The molecule has 1 atom stereocenters. The van der Waals surface area contributed by atoms with Crippen molar-refractivity contribution < 1.29 is 4.79 Å². The van der Waals surface area contributed by atoms with Gasteiger partial charge in [-0.2, -0.15) is 0 Å². The van der Waals surface area contributed by atoms with E-state index in [-0.39, 0.29) is 5.91 Å². The van der Waals surface area contributed by atoms with Crippen LogP contribution in [0.5, 0.6) is 0 Å². The molecule has 3 heterocycles. The van der Waals surface area contributed by atoms with Crippen molar-refractivity contribution in [3.63, 3.8) is 0 Å². The van der Waals surface area contributed by atoms with Gasteiger partial charge in [-0.15, -0.1) is 11.3 Å². The summed E-state index contributed by atoms with van der Waals surface area (Å²) in [6, 6.07) is 0. The number of fused-ring (bicyclic) bond motifs is 3. The Balaban J connectivity index is 1.57. The Hall–Kier alpha value is -1.69. The van der Waals surface area contributed by atoms with Gasteiger partial charge in [0.15, 0.2) is 0 Å². The molecule has 2 aromatic rings. The maximum Gasteiger partial charge on any atom is 0.219 e. The summed E-state index contributed by atoms with van der Waals surface area (Å²) in [5, 5.41) is 1.32. The van der Waals surface area contributed by atoms with Crippen molar-refractivity contribution in [3.8, 4) is 0 Å². The van der Waals surface area contributed by atoms with Gasteiger partial charge in [0.25, 0.3) is 0 Å². The summed E-state index contributed by atoms with van der Waals surface area (Å²) in [5.41, 5.74) is 1.51. The summed E-state index contributed by atoms with van der Waals surface area (Å²) in [4.78, 5) is 28.8. The summed E-state index contributed by atoms with van der Waals surface area (Å²) in [7, 11) is 0. The molecule has 3 aliphatic rings. The van der Waals surface area contributed by atoms with Gasteiger partial charge in [0.05, 0.1) is 5.39 Å². The molecule has 0 radical (unpaired) electrons. The van der Waals surface area contributed by atoms with Crippen molar-refractivity contribution in [2.75, 3.05) is 31.1 Å². The fourth-order valence-corrected chi connectivity index (χ4v) is 5.71. The Bertz CT molecular complexity index is 864. The van der Waals surface area contributed by atoms with E-state index in [4.69, 9.17) is 9.97 Å². The minimum Gasteiger partial charge on any atom is -0.352 e. The van der Waals surface area contributed by atoms with E-state index in [0.29, 0.717) is 5.92 Å². The third-order valence-corrected chi connectivity index (χ3v) is 7.27. The van der Waals surface area contributed by atoms with Crippen molar-refractivity contribution in [2.45, 2.75) is 51.9 Å². The summed E-state index contributed by atoms with van der Waals surface area (Å²) in [6.07, 6.45) is 6.06. The molecule has 2 aliphatic carbocycles. The molecule has 1 saturated heterocycles. The van der Waals surface area contributed by atoms with Gasteiger partial charge in [-0.25, -0.2) is 9.97 Å². The fourth-order valence-electron chi connectivity index (χ4n) is 4.33. The highest BCUT2D eigenvalue weighted by Crippen LogP contribution is 2.44. The predicted octanol–water partition coefficient (Wildman–Crippen LogP) is 3.36. The topological polar surface area (TPSA) is 49.3 Å². The Morgan fingerprint density at radius 3 is 2.58 bits per heavy atom. The zero-order valence-electron chi connectivity index (χ0n) is 15.6. The second-order valence-electron chi connectivity index (χ2n) is 8.20. The van der Waals surface area contributed by atoms with Crippen LogP contribution in [0.4, 0.5) is 5.82 Å². The van der Waals surface area contributed by atoms with E-state index in [1.807, 2.05) is 16.2 Å². The Labute approximate surface area is 158 Å². The van der Waals surface area contributed by atoms with Crippen molar-refractivity contribution in [3.05, 3.63) is 16.3 Å². The number of hydrogen-bond acceptors (Lipinski definition) is 5. The smallest absolute Gasteiger partial charge is 0.219 e. The van der Waals surface area contributed by atoms with Gasteiger partial charge < -0.3 is 9.80 Å². The highest BCUT2D eigenvalue weighted by atomic mass is 32.1. The molecule has 2 aromatic heterocycles. The lowest BCUT2D eigenvalue weighted by molar-refractivity contribution is -0.129. The van der Waals surface area contributed by atoms with Crippen LogP contribution in [0.15, 0.2) is 0 Å². The normalized spacial score (nSPS) is 23.4. The third kappa shape index (κ3) is 2.79. The molecular weight excluding hydrogens is 344 g/mol. The molecule has 2 fully saturated rings. The minimum absolute atomic E-state index is 0.179. The summed E-state index contributed by atoms with van der Waals surface area (Å²) in [6.45, 7) is 7.36. The van der Waals surface area contributed by atoms with E-state index >= 15 is 0 Å². The Morgan fingerprint density at radius 1 is 1.12 bits per heavy atom. The van der Waals surface area contributed by atoms with E-state index in [9.17, 15) is 4.79 Å². The molecule has 5 rings (SSSR count). The molecule has 0 bridgehead atoms. The first-order valence-electron chi connectivity index (χ1n) is 9.93. The number of thiophene rings is 1. The van der Waals surface area contributed by atoms with Crippen LogP contribution in [-0.2, 0) is 17.6 Å². The molecule has 5 nitrogen and oxygen atoms in total. The van der Waals surface area contributed by atoms with Gasteiger partial charge in [-0.05, 0) is 43.6 Å². The fraction of sp³-hybridized carbons (Fsp3) is 0.650. The maximum atomic E-state index is 11.7. The molecule has 0 aromatic carbocycles. The monoisotopic (exact) mass is 370 g/mol. The van der Waals surface area contributed by atoms with Crippen LogP contribution in [0.1, 0.15) is 55.3 Å². The van der Waals surface area contributed by atoms with E-state index in [1.54, 1.807) is 6.92 Å². The van der Waals surface area contributed by atoms with Crippen LogP contribution in [0.25, 0.3) is 10.2 Å². The lowest BCUT2D eigenvalue weighted by atomic mass is 9.89. The highest BCUT2D eigenvalue weighted by Gasteiger charge is 2.32. The number of aromatic nitrogens is 2. The van der Waals surface area contributed by atoms with Crippen molar-refractivity contribution >= 4 is 33.3 Å². The number of carbonyl (C=O) groups excluding carboxylic acids is 1. The second-order valence-corrected chi connectivity index (χ2v) is 9.29. The average Bonchev–Trinajstić information content (AvgIpc) is 3.42. The van der Waals surface area contributed by atoms with Crippen LogP contribution in [-0.4, -0.2) is 47.0 Å². The standard InChI is InChI=1S/C20H26N4OS/c1-12-3-6-15-16(11-12)26-20-17(15)19(21-18(22-20)14-4-5-14)24-9-7-23(8-10-24)13(2)25/h12,14H,3-11H2,1-2H3. The molecule has 0 N–H and O–H groups in total. The van der Waals surface area contributed by atoms with E-state index < -0.39 is 0 Å². The third-order valence-electron chi connectivity index (χ3n) is 6.12. The molecule has 1 aliphatic heterocycles. The minimum atomic E-state index is 0.179. The van der Waals surface area contributed by atoms with Gasteiger partial charge in [0, 0.05) is 43.9 Å². The summed E-state index contributed by atoms with van der Waals surface area (Å²) >= 11 is 1.90. The van der Waals surface area contributed by atoms with Crippen LogP contribution in [0.3, 0.4) is 0 Å². The number of carbonyl (C=O) groups is 1. The Kier molecular flexibility index (Phi) is 3.92. The second kappa shape index (κ2) is 6.19. The van der Waals surface area contributed by atoms with Crippen molar-refractivity contribution in [1.82, 2.24) is 14.9 Å². The van der Waals surface area contributed by atoms with Gasteiger partial charge in [-0.1, -0.05) is 6.92 Å². The zero-order valence-corrected chi connectivity index (χ0v) is 16.4. The van der Waals surface area contributed by atoms with Crippen LogP contribution in [0.2, 0.25) is 0 Å². The molecular formula is C20H26N4OS. The first-order chi connectivity index (χ1) is 12.6. The molecule has 1 saturated carbocycles. The molecule has 6 heteroatoms. The lowest BCUT2D eigenvalue weighted by Crippen LogP contribution is -2.48. The Morgan fingerprint density at radius 2 is 1.88 bits per heavy atom. The molecule has 0 spiro atoms. The first kappa shape index (κ1) is 16.5. The van der Waals surface area contributed by atoms with Crippen LogP contribution < -0.4 is 4.90 Å². The first-order valence-corrected chi connectivity index (χ1v) is 10.7. The van der Waals surface area contributed by atoms with Gasteiger partial charge in [0.2, 0.25) is 5.91 Å². The lowest BCUT2D eigenvalue weighted by Gasteiger charge is -2.35. The van der Waals surface area contributed by atoms with E-state index in [0.717, 1.165) is 50.2 Å². The maximum absolute atomic E-state index is 11.7. The van der Waals surface area contributed by atoms with E-state index in [2.05, 4.69) is 11.8 Å². The number of aryl methyl sites for hydroxylation is 1. The predicted molar refractivity (Wildman–Crippen MR) is 105 cm³/mol. The largest absolute Gasteiger partial charge is 0.352 e. The molecule has 1 unspecified atom stereocenters. The van der Waals surface area contributed by atoms with Gasteiger partial charge in [0.1, 0.15) is 16.5 Å². The number of rotatable bonds is 2. The zero-order chi connectivity index (χ0) is 17.8.